The monoisotopic (exact) mass is 1130 g/mol. The Morgan fingerprint density at radius 2 is 0.833 bits per heavy atom. The van der Waals surface area contributed by atoms with E-state index in [2.05, 4.69) is 43.5 Å². The number of hydrogen-bond donors (Lipinski definition) is 4. The predicted octanol–water partition coefficient (Wildman–Crippen LogP) is 8.61. The number of carboxylic acids is 3. The van der Waals surface area contributed by atoms with Gasteiger partial charge in [-0.25, -0.2) is 0 Å². The lowest BCUT2D eigenvalue weighted by Crippen LogP contribution is -2.50. The quantitative estimate of drug-likeness (QED) is 0.0192. The van der Waals surface area contributed by atoms with Crippen LogP contribution in [0.3, 0.4) is 0 Å². The molecule has 452 valence electrons. The van der Waals surface area contributed by atoms with E-state index in [1.807, 2.05) is 0 Å². The zero-order valence-corrected chi connectivity index (χ0v) is 48.9. The van der Waals surface area contributed by atoms with Gasteiger partial charge in [-0.15, -0.1) is 0 Å². The number of carbonyl (C=O) groups excluding carboxylic acids is 3. The normalized spacial score (nSPS) is 15.9. The van der Waals surface area contributed by atoms with Crippen LogP contribution in [0.1, 0.15) is 194 Å². The molecule has 78 heavy (non-hydrogen) atoms. The Morgan fingerprint density at radius 3 is 1.22 bits per heavy atom. The van der Waals surface area contributed by atoms with Gasteiger partial charge in [0.05, 0.1) is 39.4 Å². The van der Waals surface area contributed by atoms with Gasteiger partial charge in [0.2, 0.25) is 5.91 Å². The Balaban J connectivity index is 2.69. The highest BCUT2D eigenvalue weighted by atomic mass is 31.2. The molecule has 0 aromatic rings. The third-order valence-corrected chi connectivity index (χ3v) is 14.4. The average Bonchev–Trinajstić information content (AvgIpc) is 3.38. The van der Waals surface area contributed by atoms with E-state index in [1.165, 1.54) is 77.0 Å². The summed E-state index contributed by atoms with van der Waals surface area (Å²) < 4.78 is 34.0. The first kappa shape index (κ1) is 72.3. The lowest BCUT2D eigenvalue weighted by Gasteiger charge is -2.32. The van der Waals surface area contributed by atoms with Crippen LogP contribution in [0.2, 0.25) is 0 Å². The maximum Gasteiger partial charge on any atom is 0.317 e. The molecule has 1 fully saturated rings. The van der Waals surface area contributed by atoms with Crippen LogP contribution in [0.5, 0.6) is 0 Å². The van der Waals surface area contributed by atoms with E-state index in [0.29, 0.717) is 12.8 Å². The van der Waals surface area contributed by atoms with E-state index in [9.17, 15) is 53.5 Å². The molecular weight excluding hydrogens is 1030 g/mol. The first-order chi connectivity index (χ1) is 37.6. The lowest BCUT2D eigenvalue weighted by molar-refractivity contribution is -0.228. The number of nitrogens with one attached hydrogen (secondary N) is 1. The van der Waals surface area contributed by atoms with E-state index in [-0.39, 0.29) is 97.9 Å². The van der Waals surface area contributed by atoms with Crippen molar-refractivity contribution in [3.8, 4) is 0 Å². The van der Waals surface area contributed by atoms with Gasteiger partial charge >= 0.3 is 29.8 Å². The third-order valence-electron chi connectivity index (χ3n) is 13.5. The van der Waals surface area contributed by atoms with Gasteiger partial charge in [0, 0.05) is 71.7 Å². The molecule has 1 heterocycles. The Bertz CT molecular complexity index is 1680. The van der Waals surface area contributed by atoms with Crippen molar-refractivity contribution in [3.63, 3.8) is 0 Å². The Kier molecular flexibility index (Phi) is 45.5. The molecular formula is C57H103N5O15P-. The fraction of sp³-hybridized carbons (Fsp3) is 0.825. The number of unbranched alkanes of at least 4 members (excludes halogenated alkanes) is 22. The first-order valence-corrected chi connectivity index (χ1v) is 31.1. The molecule has 1 unspecified atom stereocenters. The summed E-state index contributed by atoms with van der Waals surface area (Å²) in [5, 5.41) is 31.0. The largest absolute Gasteiger partial charge is 0.756 e. The second-order valence-corrected chi connectivity index (χ2v) is 22.1. The maximum absolute atomic E-state index is 13.1. The van der Waals surface area contributed by atoms with Crippen LogP contribution < -0.4 is 10.2 Å². The Morgan fingerprint density at radius 1 is 0.487 bits per heavy atom. The van der Waals surface area contributed by atoms with Crippen LogP contribution in [0, 0.1) is 0 Å². The molecule has 20 nitrogen and oxygen atoms in total. The smallest absolute Gasteiger partial charge is 0.317 e. The van der Waals surface area contributed by atoms with Crippen molar-refractivity contribution in [2.24, 2.45) is 0 Å². The fourth-order valence-electron chi connectivity index (χ4n) is 8.90. The van der Waals surface area contributed by atoms with E-state index >= 15 is 0 Å². The summed E-state index contributed by atoms with van der Waals surface area (Å²) in [6.45, 7) is 3.31. The number of nitrogens with zero attached hydrogens (tertiary/aromatic N) is 4. The number of esters is 2. The molecule has 0 aliphatic carbocycles. The summed E-state index contributed by atoms with van der Waals surface area (Å²) in [4.78, 5) is 93.0. The Hall–Kier alpha value is -3.75. The number of allylic oxidation sites excluding steroid dienone is 4. The van der Waals surface area contributed by atoms with Gasteiger partial charge in [0.15, 0.2) is 6.10 Å². The molecule has 1 saturated heterocycles. The number of ether oxygens (including phenoxy) is 2. The molecule has 1 amide bonds. The average molecular weight is 1130 g/mol. The van der Waals surface area contributed by atoms with Crippen LogP contribution in [-0.4, -0.2) is 182 Å². The van der Waals surface area contributed by atoms with Gasteiger partial charge in [-0.2, -0.15) is 0 Å². The number of phosphoric ester groups is 1. The van der Waals surface area contributed by atoms with Crippen molar-refractivity contribution in [2.75, 3.05) is 105 Å². The van der Waals surface area contributed by atoms with E-state index < -0.39 is 69.5 Å². The summed E-state index contributed by atoms with van der Waals surface area (Å²) in [6.07, 6.45) is 37.2. The number of phosphoric acid groups is 1. The molecule has 4 N–H and O–H groups in total. The van der Waals surface area contributed by atoms with Crippen LogP contribution >= 0.6 is 7.82 Å². The number of aliphatic carboxylic acids is 3. The van der Waals surface area contributed by atoms with Crippen molar-refractivity contribution in [3.05, 3.63) is 24.3 Å². The number of rotatable bonds is 48. The summed E-state index contributed by atoms with van der Waals surface area (Å²) in [5.74, 6) is -4.78. The molecule has 0 bridgehead atoms. The van der Waals surface area contributed by atoms with Crippen molar-refractivity contribution in [1.82, 2.24) is 24.9 Å². The topological polar surface area (TPSA) is 265 Å². The molecule has 0 aromatic carbocycles. The zero-order chi connectivity index (χ0) is 57.3. The van der Waals surface area contributed by atoms with Gasteiger partial charge in [-0.3, -0.25) is 52.9 Å². The summed E-state index contributed by atoms with van der Waals surface area (Å²) in [7, 11) is -5.00. The van der Waals surface area contributed by atoms with Gasteiger partial charge < -0.3 is 44.1 Å². The van der Waals surface area contributed by atoms with Gasteiger partial charge in [0.1, 0.15) is 6.61 Å². The van der Waals surface area contributed by atoms with E-state index in [1.54, 1.807) is 19.6 Å². The maximum atomic E-state index is 13.1. The van der Waals surface area contributed by atoms with Gasteiger partial charge in [-0.05, 0) is 64.2 Å². The number of carboxylic acid groups (broad SMARTS) is 3. The zero-order valence-electron chi connectivity index (χ0n) is 48.0. The van der Waals surface area contributed by atoms with Crippen molar-refractivity contribution >= 4 is 43.6 Å². The minimum Gasteiger partial charge on any atom is -0.756 e. The molecule has 0 saturated carbocycles. The highest BCUT2D eigenvalue weighted by Gasteiger charge is 2.23. The summed E-state index contributed by atoms with van der Waals surface area (Å²) in [6, 6.07) is 0. The van der Waals surface area contributed by atoms with Crippen molar-refractivity contribution < 1.29 is 72.1 Å². The van der Waals surface area contributed by atoms with Crippen molar-refractivity contribution in [1.29, 1.82) is 0 Å². The lowest BCUT2D eigenvalue weighted by atomic mass is 10.1. The minimum atomic E-state index is -5.00. The standard InChI is InChI=1S/C57H104N5O15P/c1-3-5-7-9-11-13-15-17-19-21-23-25-27-29-31-33-56(70)74-49-51(77-57(71)34-32-30-28-26-24-22-20-18-16-14-12-10-8-6-4-2)50-76-78(72,73)75-44-35-58-52(63)45-59-36-38-60(46-53(64)65)40-42-62(48-55(68)69)43-41-61(39-37-59)47-54(66)67/h17-20,51H,3-16,21-50H2,1-2H3,(H,58,63)(H,64,65)(H,66,67)(H,68,69)(H,72,73)/p-1/b19-17-,20-18-/t51-/m1/s1. The highest BCUT2D eigenvalue weighted by Crippen LogP contribution is 2.38. The third kappa shape index (κ3) is 46.0. The van der Waals surface area contributed by atoms with E-state index in [4.69, 9.17) is 18.5 Å². The molecule has 1 aliphatic heterocycles. The Labute approximate surface area is 468 Å². The van der Waals surface area contributed by atoms with E-state index in [0.717, 1.165) is 77.0 Å². The minimum absolute atomic E-state index is 0.106. The van der Waals surface area contributed by atoms with Crippen LogP contribution in [0.4, 0.5) is 0 Å². The predicted molar refractivity (Wildman–Crippen MR) is 301 cm³/mol. The van der Waals surface area contributed by atoms with Gasteiger partial charge in [0.25, 0.3) is 7.82 Å². The molecule has 0 spiro atoms. The number of carbonyl (C=O) groups is 6. The number of amides is 1. The summed E-state index contributed by atoms with van der Waals surface area (Å²) >= 11 is 0. The van der Waals surface area contributed by atoms with Gasteiger partial charge in [-0.1, -0.05) is 141 Å². The first-order valence-electron chi connectivity index (χ1n) is 29.7. The SMILES string of the molecule is CCCCCCCC/C=C\CCCCCCCC(=O)OC[C@H](COP(=O)([O-])OCCNC(=O)CN1CCN(CC(=O)O)CCN(CC(=O)O)CCN(CC(=O)O)CC1)OC(=O)CCCCCCC/C=C\CCCCCCCC. The second kappa shape index (κ2) is 49.1. The molecule has 1 rings (SSSR count). The molecule has 0 aromatic heterocycles. The van der Waals surface area contributed by atoms with Crippen LogP contribution in [0.25, 0.3) is 0 Å². The van der Waals surface area contributed by atoms with Crippen LogP contribution in [0.15, 0.2) is 24.3 Å². The number of hydrogen-bond acceptors (Lipinski definition) is 16. The molecule has 1 aliphatic rings. The molecule has 0 radical (unpaired) electrons. The van der Waals surface area contributed by atoms with Crippen LogP contribution in [-0.2, 0) is 51.9 Å². The molecule has 21 heteroatoms. The summed E-state index contributed by atoms with van der Waals surface area (Å²) in [5.41, 5.74) is 0. The second-order valence-electron chi connectivity index (χ2n) is 20.7. The molecule has 2 atom stereocenters. The fourth-order valence-corrected chi connectivity index (χ4v) is 9.64. The highest BCUT2D eigenvalue weighted by molar-refractivity contribution is 7.45. The van der Waals surface area contributed by atoms with Crippen molar-refractivity contribution in [2.45, 2.75) is 200 Å².